The fourth-order valence-corrected chi connectivity index (χ4v) is 1.46. The van der Waals surface area contributed by atoms with E-state index in [1.807, 2.05) is 13.8 Å². The quantitative estimate of drug-likeness (QED) is 0.781. The van der Waals surface area contributed by atoms with Crippen LogP contribution in [0.2, 0.25) is 0 Å². The number of carbonyl (C=O) groups is 1. The Bertz CT molecular complexity index is 402. The second-order valence-corrected chi connectivity index (χ2v) is 3.30. The van der Waals surface area contributed by atoms with Crippen LogP contribution < -0.4 is 5.32 Å². The average Bonchev–Trinajstić information content (AvgIpc) is 2.68. The fourth-order valence-electron chi connectivity index (χ4n) is 1.46. The second-order valence-electron chi connectivity index (χ2n) is 3.30. The van der Waals surface area contributed by atoms with E-state index in [1.165, 1.54) is 0 Å². The van der Waals surface area contributed by atoms with Gasteiger partial charge in [-0.25, -0.2) is 0 Å². The molecule has 1 rings (SSSR count). The standard InChI is InChI=1S/C12H16N2O2/c1-4-7-12(15)13-8-9-10(5-2)14-16-11(9)6-3/h5-6,8H2,1-3H3,(H,13,15). The van der Waals surface area contributed by atoms with Gasteiger partial charge in [0.05, 0.1) is 5.69 Å². The highest BCUT2D eigenvalue weighted by Gasteiger charge is 2.13. The molecule has 0 saturated carbocycles. The van der Waals surface area contributed by atoms with Crippen LogP contribution in [-0.4, -0.2) is 11.1 Å². The Labute approximate surface area is 95.4 Å². The summed E-state index contributed by atoms with van der Waals surface area (Å²) in [5, 5.41) is 6.69. The number of hydrogen-bond donors (Lipinski definition) is 1. The molecule has 0 saturated heterocycles. The van der Waals surface area contributed by atoms with Crippen LogP contribution in [0, 0.1) is 11.8 Å². The van der Waals surface area contributed by atoms with Crippen molar-refractivity contribution >= 4 is 5.91 Å². The molecule has 86 valence electrons. The molecule has 1 aromatic rings. The molecule has 4 nitrogen and oxygen atoms in total. The first kappa shape index (κ1) is 12.3. The molecule has 0 aliphatic rings. The molecule has 0 aromatic carbocycles. The number of nitrogens with one attached hydrogen (secondary N) is 1. The number of amides is 1. The summed E-state index contributed by atoms with van der Waals surface area (Å²) in [4.78, 5) is 11.2. The molecule has 1 aromatic heterocycles. The van der Waals surface area contributed by atoms with Gasteiger partial charge in [0, 0.05) is 18.5 Å². The normalized spacial score (nSPS) is 9.44. The van der Waals surface area contributed by atoms with Crippen molar-refractivity contribution in [2.45, 2.75) is 40.2 Å². The van der Waals surface area contributed by atoms with Gasteiger partial charge >= 0.3 is 0 Å². The molecule has 0 aliphatic heterocycles. The zero-order chi connectivity index (χ0) is 12.0. The first-order valence-corrected chi connectivity index (χ1v) is 5.39. The van der Waals surface area contributed by atoms with Crippen molar-refractivity contribution in [1.82, 2.24) is 10.5 Å². The summed E-state index contributed by atoms with van der Waals surface area (Å²) < 4.78 is 5.19. The first-order chi connectivity index (χ1) is 7.72. The van der Waals surface area contributed by atoms with Crippen LogP contribution in [0.15, 0.2) is 4.52 Å². The topological polar surface area (TPSA) is 55.1 Å². The molecule has 4 heteroatoms. The molecule has 1 N–H and O–H groups in total. The van der Waals surface area contributed by atoms with E-state index >= 15 is 0 Å². The lowest BCUT2D eigenvalue weighted by Gasteiger charge is -2.01. The van der Waals surface area contributed by atoms with Crippen LogP contribution in [0.1, 0.15) is 37.8 Å². The number of rotatable bonds is 4. The number of aryl methyl sites for hydroxylation is 2. The van der Waals surface area contributed by atoms with E-state index in [0.29, 0.717) is 6.54 Å². The molecule has 0 aliphatic carbocycles. The van der Waals surface area contributed by atoms with Crippen LogP contribution >= 0.6 is 0 Å². The maximum Gasteiger partial charge on any atom is 0.296 e. The lowest BCUT2D eigenvalue weighted by atomic mass is 10.1. The van der Waals surface area contributed by atoms with Gasteiger partial charge in [0.2, 0.25) is 0 Å². The zero-order valence-corrected chi connectivity index (χ0v) is 9.89. The highest BCUT2D eigenvalue weighted by molar-refractivity contribution is 5.93. The van der Waals surface area contributed by atoms with Crippen molar-refractivity contribution in [3.63, 3.8) is 0 Å². The lowest BCUT2D eigenvalue weighted by molar-refractivity contribution is -0.115. The van der Waals surface area contributed by atoms with Gasteiger partial charge in [0.25, 0.3) is 5.91 Å². The summed E-state index contributed by atoms with van der Waals surface area (Å²) in [6.45, 7) is 6.07. The smallest absolute Gasteiger partial charge is 0.296 e. The van der Waals surface area contributed by atoms with Gasteiger partial charge in [-0.1, -0.05) is 24.9 Å². The number of nitrogens with zero attached hydrogens (tertiary/aromatic N) is 1. The molecule has 0 fully saturated rings. The Morgan fingerprint density at radius 3 is 2.75 bits per heavy atom. The molecular formula is C12H16N2O2. The highest BCUT2D eigenvalue weighted by Crippen LogP contribution is 2.15. The van der Waals surface area contributed by atoms with Crippen molar-refractivity contribution in [3.8, 4) is 11.8 Å². The molecule has 1 amide bonds. The molecular weight excluding hydrogens is 204 g/mol. The molecule has 0 bridgehead atoms. The van der Waals surface area contributed by atoms with Crippen molar-refractivity contribution in [3.05, 3.63) is 17.0 Å². The van der Waals surface area contributed by atoms with Crippen molar-refractivity contribution < 1.29 is 9.32 Å². The minimum Gasteiger partial charge on any atom is -0.361 e. The highest BCUT2D eigenvalue weighted by atomic mass is 16.5. The third kappa shape index (κ3) is 2.86. The fraction of sp³-hybridized carbons (Fsp3) is 0.500. The third-order valence-corrected chi connectivity index (χ3v) is 2.27. The Hall–Kier alpha value is -1.76. The monoisotopic (exact) mass is 220 g/mol. The molecule has 16 heavy (non-hydrogen) atoms. The second kappa shape index (κ2) is 5.96. The van der Waals surface area contributed by atoms with Crippen molar-refractivity contribution in [2.24, 2.45) is 0 Å². The summed E-state index contributed by atoms with van der Waals surface area (Å²) in [6.07, 6.45) is 1.58. The Balaban J connectivity index is 2.73. The van der Waals surface area contributed by atoms with Crippen LogP contribution in [0.25, 0.3) is 0 Å². The third-order valence-electron chi connectivity index (χ3n) is 2.27. The van der Waals surface area contributed by atoms with Crippen LogP contribution in [0.4, 0.5) is 0 Å². The zero-order valence-electron chi connectivity index (χ0n) is 9.89. The maximum atomic E-state index is 11.2. The summed E-state index contributed by atoms with van der Waals surface area (Å²) in [5.41, 5.74) is 1.89. The summed E-state index contributed by atoms with van der Waals surface area (Å²) in [6, 6.07) is 0. The van der Waals surface area contributed by atoms with E-state index in [4.69, 9.17) is 4.52 Å². The Morgan fingerprint density at radius 2 is 2.19 bits per heavy atom. The van der Waals surface area contributed by atoms with Crippen LogP contribution in [0.5, 0.6) is 0 Å². The minimum absolute atomic E-state index is 0.271. The van der Waals surface area contributed by atoms with Gasteiger partial charge in [0.1, 0.15) is 5.76 Å². The molecule has 0 spiro atoms. The number of carbonyl (C=O) groups excluding carboxylic acids is 1. The van der Waals surface area contributed by atoms with E-state index in [1.54, 1.807) is 6.92 Å². The van der Waals surface area contributed by atoms with E-state index in [9.17, 15) is 4.79 Å². The van der Waals surface area contributed by atoms with Crippen molar-refractivity contribution in [2.75, 3.05) is 0 Å². The molecule has 0 unspecified atom stereocenters. The molecule has 0 radical (unpaired) electrons. The minimum atomic E-state index is -0.271. The average molecular weight is 220 g/mol. The lowest BCUT2D eigenvalue weighted by Crippen LogP contribution is -2.21. The largest absolute Gasteiger partial charge is 0.361 e. The Morgan fingerprint density at radius 1 is 1.44 bits per heavy atom. The number of aromatic nitrogens is 1. The van der Waals surface area contributed by atoms with Gasteiger partial charge < -0.3 is 9.84 Å². The maximum absolute atomic E-state index is 11.2. The van der Waals surface area contributed by atoms with Gasteiger partial charge in [-0.05, 0) is 19.3 Å². The van der Waals surface area contributed by atoms with Gasteiger partial charge in [-0.3, -0.25) is 4.79 Å². The number of hydrogen-bond acceptors (Lipinski definition) is 3. The van der Waals surface area contributed by atoms with E-state index in [2.05, 4.69) is 22.3 Å². The summed E-state index contributed by atoms with van der Waals surface area (Å²) >= 11 is 0. The van der Waals surface area contributed by atoms with Crippen LogP contribution in [0.3, 0.4) is 0 Å². The summed E-state index contributed by atoms with van der Waals surface area (Å²) in [7, 11) is 0. The van der Waals surface area contributed by atoms with Gasteiger partial charge in [-0.15, -0.1) is 0 Å². The Kier molecular flexibility index (Phi) is 4.59. The predicted octanol–water partition coefficient (Wildman–Crippen LogP) is 1.44. The molecule has 1 heterocycles. The van der Waals surface area contributed by atoms with Crippen molar-refractivity contribution in [1.29, 1.82) is 0 Å². The SMILES string of the molecule is CC#CC(=O)NCc1c(CC)noc1CC. The summed E-state index contributed by atoms with van der Waals surface area (Å²) in [5.74, 6) is 5.55. The van der Waals surface area contributed by atoms with E-state index in [-0.39, 0.29) is 5.91 Å². The van der Waals surface area contributed by atoms with E-state index < -0.39 is 0 Å². The van der Waals surface area contributed by atoms with Crippen LogP contribution in [-0.2, 0) is 24.2 Å². The predicted molar refractivity (Wildman–Crippen MR) is 60.6 cm³/mol. The van der Waals surface area contributed by atoms with E-state index in [0.717, 1.165) is 29.9 Å². The molecule has 0 atom stereocenters. The first-order valence-electron chi connectivity index (χ1n) is 5.39. The van der Waals surface area contributed by atoms with Gasteiger partial charge in [-0.2, -0.15) is 0 Å². The van der Waals surface area contributed by atoms with Gasteiger partial charge in [0.15, 0.2) is 0 Å².